The van der Waals surface area contributed by atoms with Gasteiger partial charge in [0.15, 0.2) is 5.13 Å². The molecule has 0 unspecified atom stereocenters. The van der Waals surface area contributed by atoms with Crippen LogP contribution in [-0.2, 0) is 0 Å². The average molecular weight is 363 g/mol. The van der Waals surface area contributed by atoms with Crippen molar-refractivity contribution in [1.82, 2.24) is 9.97 Å². The highest BCUT2D eigenvalue weighted by Gasteiger charge is 2.14. The van der Waals surface area contributed by atoms with Gasteiger partial charge in [0.05, 0.1) is 16.8 Å². The number of anilines is 1. The van der Waals surface area contributed by atoms with Crippen LogP contribution in [0.5, 0.6) is 0 Å². The Hall–Kier alpha value is -3.12. The third kappa shape index (κ3) is 3.19. The lowest BCUT2D eigenvalue weighted by atomic mass is 10.1. The molecular weight excluding hydrogens is 349 g/mol. The Kier molecular flexibility index (Phi) is 4.18. The van der Waals surface area contributed by atoms with E-state index in [1.54, 1.807) is 18.2 Å². The second kappa shape index (κ2) is 6.65. The van der Waals surface area contributed by atoms with Crippen molar-refractivity contribution in [3.05, 3.63) is 77.1 Å². The molecule has 0 spiro atoms. The van der Waals surface area contributed by atoms with Gasteiger partial charge in [0.1, 0.15) is 5.82 Å². The van der Waals surface area contributed by atoms with E-state index in [-0.39, 0.29) is 11.7 Å². The first-order chi connectivity index (χ1) is 12.6. The SMILES string of the molecule is Cc1cc(C(=O)Nc2nc(-c3ccc(F)cc3)cs2)c2ccccc2n1. The lowest BCUT2D eigenvalue weighted by Gasteiger charge is -2.07. The zero-order valence-electron chi connectivity index (χ0n) is 13.9. The zero-order valence-corrected chi connectivity index (χ0v) is 14.7. The number of para-hydroxylation sites is 1. The van der Waals surface area contributed by atoms with Crippen LogP contribution < -0.4 is 5.32 Å². The minimum atomic E-state index is -0.294. The predicted molar refractivity (Wildman–Crippen MR) is 102 cm³/mol. The number of hydrogen-bond donors (Lipinski definition) is 1. The molecule has 0 aliphatic rings. The summed E-state index contributed by atoms with van der Waals surface area (Å²) in [4.78, 5) is 21.6. The number of amides is 1. The third-order valence-corrected chi connectivity index (χ3v) is 4.71. The molecule has 1 N–H and O–H groups in total. The standard InChI is InChI=1S/C20H14FN3OS/c1-12-10-16(15-4-2-3-5-17(15)22-12)19(25)24-20-23-18(11-26-20)13-6-8-14(21)9-7-13/h2-11H,1H3,(H,23,24,25). The first-order valence-electron chi connectivity index (χ1n) is 7.99. The summed E-state index contributed by atoms with van der Waals surface area (Å²) in [5.74, 6) is -0.524. The van der Waals surface area contributed by atoms with Gasteiger partial charge in [-0.2, -0.15) is 0 Å². The number of nitrogens with zero attached hydrogens (tertiary/aromatic N) is 2. The largest absolute Gasteiger partial charge is 0.298 e. The first kappa shape index (κ1) is 16.4. The van der Waals surface area contributed by atoms with Crippen LogP contribution in [0.3, 0.4) is 0 Å². The summed E-state index contributed by atoms with van der Waals surface area (Å²) in [5, 5.41) is 5.97. The number of hydrogen-bond acceptors (Lipinski definition) is 4. The topological polar surface area (TPSA) is 54.9 Å². The van der Waals surface area contributed by atoms with Crippen molar-refractivity contribution >= 4 is 33.3 Å². The van der Waals surface area contributed by atoms with Gasteiger partial charge in [-0.15, -0.1) is 11.3 Å². The van der Waals surface area contributed by atoms with Crippen molar-refractivity contribution < 1.29 is 9.18 Å². The number of carbonyl (C=O) groups excluding carboxylic acids is 1. The summed E-state index contributed by atoms with van der Waals surface area (Å²) in [7, 11) is 0. The molecule has 0 atom stereocenters. The number of aryl methyl sites for hydroxylation is 1. The van der Waals surface area contributed by atoms with Crippen molar-refractivity contribution in [2.24, 2.45) is 0 Å². The van der Waals surface area contributed by atoms with Gasteiger partial charge in [-0.3, -0.25) is 15.1 Å². The van der Waals surface area contributed by atoms with Crippen molar-refractivity contribution in [2.75, 3.05) is 5.32 Å². The number of nitrogens with one attached hydrogen (secondary N) is 1. The average Bonchev–Trinajstić information content (AvgIpc) is 3.10. The molecule has 0 bridgehead atoms. The molecule has 4 aromatic rings. The Morgan fingerprint density at radius 2 is 1.85 bits per heavy atom. The minimum Gasteiger partial charge on any atom is -0.298 e. The second-order valence-electron chi connectivity index (χ2n) is 5.83. The number of pyridine rings is 1. The van der Waals surface area contributed by atoms with Crippen LogP contribution in [0.25, 0.3) is 22.2 Å². The smallest absolute Gasteiger partial charge is 0.258 e. The molecule has 26 heavy (non-hydrogen) atoms. The summed E-state index contributed by atoms with van der Waals surface area (Å²) in [6, 6.07) is 15.4. The Balaban J connectivity index is 1.62. The lowest BCUT2D eigenvalue weighted by Crippen LogP contribution is -2.13. The fourth-order valence-electron chi connectivity index (χ4n) is 2.74. The molecule has 128 valence electrons. The van der Waals surface area contributed by atoms with Gasteiger partial charge >= 0.3 is 0 Å². The van der Waals surface area contributed by atoms with E-state index in [4.69, 9.17) is 0 Å². The van der Waals surface area contributed by atoms with E-state index < -0.39 is 0 Å². The van der Waals surface area contributed by atoms with Crippen molar-refractivity contribution in [2.45, 2.75) is 6.92 Å². The molecule has 4 rings (SSSR count). The monoisotopic (exact) mass is 363 g/mol. The Morgan fingerprint density at radius 1 is 1.08 bits per heavy atom. The summed E-state index contributed by atoms with van der Waals surface area (Å²) in [6.45, 7) is 1.86. The Labute approximate surface area is 153 Å². The highest BCUT2D eigenvalue weighted by atomic mass is 32.1. The molecule has 4 nitrogen and oxygen atoms in total. The minimum absolute atomic E-state index is 0.230. The molecule has 1 amide bonds. The van der Waals surface area contributed by atoms with Crippen molar-refractivity contribution in [3.63, 3.8) is 0 Å². The fourth-order valence-corrected chi connectivity index (χ4v) is 3.46. The van der Waals surface area contributed by atoms with Crippen LogP contribution >= 0.6 is 11.3 Å². The van der Waals surface area contributed by atoms with Crippen molar-refractivity contribution in [3.8, 4) is 11.3 Å². The van der Waals surface area contributed by atoms with Gasteiger partial charge in [-0.25, -0.2) is 9.37 Å². The molecule has 0 aliphatic carbocycles. The van der Waals surface area contributed by atoms with Crippen molar-refractivity contribution in [1.29, 1.82) is 0 Å². The summed E-state index contributed by atoms with van der Waals surface area (Å²) < 4.78 is 13.0. The van der Waals surface area contributed by atoms with Gasteiger partial charge in [-0.1, -0.05) is 18.2 Å². The van der Waals surface area contributed by atoms with E-state index in [1.165, 1.54) is 23.5 Å². The third-order valence-electron chi connectivity index (χ3n) is 3.95. The molecule has 0 saturated heterocycles. The maximum Gasteiger partial charge on any atom is 0.258 e. The van der Waals surface area contributed by atoms with Gasteiger partial charge < -0.3 is 0 Å². The molecule has 6 heteroatoms. The molecular formula is C20H14FN3OS. The van der Waals surface area contributed by atoms with Crippen LogP contribution in [-0.4, -0.2) is 15.9 Å². The quantitative estimate of drug-likeness (QED) is 0.554. The summed E-state index contributed by atoms with van der Waals surface area (Å²) >= 11 is 1.33. The number of rotatable bonds is 3. The van der Waals surface area contributed by atoms with Gasteiger partial charge in [0.2, 0.25) is 0 Å². The van der Waals surface area contributed by atoms with Gasteiger partial charge in [-0.05, 0) is 43.3 Å². The van der Waals surface area contributed by atoms with Crippen LogP contribution in [0.15, 0.2) is 60.0 Å². The van der Waals surface area contributed by atoms with Gasteiger partial charge in [0, 0.05) is 22.0 Å². The number of aromatic nitrogens is 2. The lowest BCUT2D eigenvalue weighted by molar-refractivity contribution is 0.102. The summed E-state index contributed by atoms with van der Waals surface area (Å²) in [6.07, 6.45) is 0. The first-order valence-corrected chi connectivity index (χ1v) is 8.87. The maximum atomic E-state index is 13.0. The molecule has 0 radical (unpaired) electrons. The van der Waals surface area contributed by atoms with Crippen LogP contribution in [0, 0.1) is 12.7 Å². The maximum absolute atomic E-state index is 13.0. The number of halogens is 1. The predicted octanol–water partition coefficient (Wildman–Crippen LogP) is 5.06. The van der Waals surface area contributed by atoms with E-state index in [0.29, 0.717) is 16.4 Å². The Bertz CT molecular complexity index is 1110. The van der Waals surface area contributed by atoms with E-state index in [9.17, 15) is 9.18 Å². The molecule has 0 aliphatic heterocycles. The molecule has 0 fully saturated rings. The normalized spacial score (nSPS) is 10.8. The van der Waals surface area contributed by atoms with Crippen LogP contribution in [0.2, 0.25) is 0 Å². The number of carbonyl (C=O) groups is 1. The van der Waals surface area contributed by atoms with E-state index >= 15 is 0 Å². The second-order valence-corrected chi connectivity index (χ2v) is 6.69. The molecule has 2 aromatic heterocycles. The van der Waals surface area contributed by atoms with E-state index in [0.717, 1.165) is 22.2 Å². The highest BCUT2D eigenvalue weighted by Crippen LogP contribution is 2.26. The van der Waals surface area contributed by atoms with Crippen LogP contribution in [0.1, 0.15) is 16.1 Å². The van der Waals surface area contributed by atoms with E-state index in [1.807, 2.05) is 36.6 Å². The van der Waals surface area contributed by atoms with E-state index in [2.05, 4.69) is 15.3 Å². The fraction of sp³-hybridized carbons (Fsp3) is 0.0500. The van der Waals surface area contributed by atoms with Crippen LogP contribution in [0.4, 0.5) is 9.52 Å². The number of thiazole rings is 1. The highest BCUT2D eigenvalue weighted by molar-refractivity contribution is 7.14. The number of fused-ring (bicyclic) bond motifs is 1. The number of benzene rings is 2. The summed E-state index contributed by atoms with van der Waals surface area (Å²) in [5.41, 5.74) is 3.62. The molecule has 0 saturated carbocycles. The zero-order chi connectivity index (χ0) is 18.1. The Morgan fingerprint density at radius 3 is 2.65 bits per heavy atom. The van der Waals surface area contributed by atoms with Gasteiger partial charge in [0.25, 0.3) is 5.91 Å². The molecule has 2 aromatic carbocycles. The molecule has 2 heterocycles.